The Balaban J connectivity index is 2.96. The molecule has 100 valence electrons. The Bertz CT molecular complexity index is 465. The number of carbonyl (C=O) groups excluding carboxylic acids is 1. The van der Waals surface area contributed by atoms with Gasteiger partial charge in [0, 0.05) is 4.90 Å². The molecule has 0 aliphatic heterocycles. The summed E-state index contributed by atoms with van der Waals surface area (Å²) < 4.78 is 30.0. The summed E-state index contributed by atoms with van der Waals surface area (Å²) in [6.45, 7) is 3.66. The number of esters is 1. The summed E-state index contributed by atoms with van der Waals surface area (Å²) in [6, 6.07) is 3.77. The van der Waals surface area contributed by atoms with E-state index in [2.05, 4.69) is 0 Å². The van der Waals surface area contributed by atoms with Gasteiger partial charge in [-0.25, -0.2) is 4.39 Å². The Kier molecular flexibility index (Phi) is 5.75. The summed E-state index contributed by atoms with van der Waals surface area (Å²) in [6.07, 6.45) is 0.375. The molecule has 18 heavy (non-hydrogen) atoms. The quantitative estimate of drug-likeness (QED) is 0.784. The molecule has 0 saturated heterocycles. The Hall–Kier alpha value is -0.940. The minimum absolute atomic E-state index is 0.112. The first-order chi connectivity index (χ1) is 8.51. The highest BCUT2D eigenvalue weighted by atomic mass is 35.5. The maximum atomic E-state index is 13.0. The fraction of sp³-hybridized carbons (Fsp3) is 0.417. The van der Waals surface area contributed by atoms with Crippen LogP contribution in [0.15, 0.2) is 23.1 Å². The lowest BCUT2D eigenvalue weighted by Gasteiger charge is -2.13. The van der Waals surface area contributed by atoms with Gasteiger partial charge < -0.3 is 4.74 Å². The first kappa shape index (κ1) is 15.1. The lowest BCUT2D eigenvalue weighted by molar-refractivity contribution is -0.142. The molecule has 1 aromatic carbocycles. The third kappa shape index (κ3) is 3.53. The van der Waals surface area contributed by atoms with Crippen molar-refractivity contribution in [1.29, 1.82) is 0 Å². The SMILES string of the molecule is CCOC(=O)C(CC)S(=O)c1ccc(F)c(Cl)c1. The molecule has 1 rings (SSSR count). The van der Waals surface area contributed by atoms with E-state index < -0.39 is 27.8 Å². The van der Waals surface area contributed by atoms with Crippen molar-refractivity contribution in [3.8, 4) is 0 Å². The van der Waals surface area contributed by atoms with Gasteiger partial charge in [0.2, 0.25) is 0 Å². The largest absolute Gasteiger partial charge is 0.465 e. The van der Waals surface area contributed by atoms with E-state index in [9.17, 15) is 13.4 Å². The maximum Gasteiger partial charge on any atom is 0.322 e. The average Bonchev–Trinajstić information content (AvgIpc) is 2.33. The minimum atomic E-state index is -1.60. The molecule has 3 nitrogen and oxygen atoms in total. The van der Waals surface area contributed by atoms with Crippen molar-refractivity contribution in [1.82, 2.24) is 0 Å². The van der Waals surface area contributed by atoms with Crippen LogP contribution in [-0.2, 0) is 20.3 Å². The van der Waals surface area contributed by atoms with Gasteiger partial charge in [0.15, 0.2) is 0 Å². The van der Waals surface area contributed by atoms with E-state index in [0.717, 1.165) is 6.07 Å². The van der Waals surface area contributed by atoms with Gasteiger partial charge in [-0.3, -0.25) is 9.00 Å². The number of benzene rings is 1. The van der Waals surface area contributed by atoms with Crippen LogP contribution in [0.2, 0.25) is 5.02 Å². The second-order valence-corrected chi connectivity index (χ2v) is 5.56. The number of hydrogen-bond acceptors (Lipinski definition) is 3. The van der Waals surface area contributed by atoms with Crippen LogP contribution in [0.1, 0.15) is 20.3 Å². The van der Waals surface area contributed by atoms with Crippen LogP contribution in [0.4, 0.5) is 4.39 Å². The van der Waals surface area contributed by atoms with Gasteiger partial charge >= 0.3 is 5.97 Å². The van der Waals surface area contributed by atoms with Crippen LogP contribution < -0.4 is 0 Å². The van der Waals surface area contributed by atoms with Gasteiger partial charge in [0.05, 0.1) is 22.4 Å². The lowest BCUT2D eigenvalue weighted by atomic mass is 10.3. The topological polar surface area (TPSA) is 43.4 Å². The summed E-state index contributed by atoms with van der Waals surface area (Å²) in [5, 5.41) is -0.869. The van der Waals surface area contributed by atoms with Gasteiger partial charge in [-0.2, -0.15) is 0 Å². The molecule has 2 unspecified atom stereocenters. The first-order valence-electron chi connectivity index (χ1n) is 5.53. The van der Waals surface area contributed by atoms with Crippen LogP contribution in [0.25, 0.3) is 0 Å². The van der Waals surface area contributed by atoms with Crippen LogP contribution >= 0.6 is 11.6 Å². The van der Waals surface area contributed by atoms with Crippen LogP contribution in [0.3, 0.4) is 0 Å². The molecule has 6 heteroatoms. The molecular formula is C12H14ClFO3S. The van der Waals surface area contributed by atoms with Gasteiger partial charge in [-0.15, -0.1) is 0 Å². The molecule has 0 N–H and O–H groups in total. The molecule has 0 heterocycles. The second-order valence-electron chi connectivity index (χ2n) is 3.52. The van der Waals surface area contributed by atoms with Crippen molar-refractivity contribution in [2.24, 2.45) is 0 Å². The third-order valence-corrected chi connectivity index (χ3v) is 4.35. The predicted octanol–water partition coefficient (Wildman–Crippen LogP) is 2.93. The van der Waals surface area contributed by atoms with Crippen LogP contribution in [-0.4, -0.2) is 22.0 Å². The third-order valence-electron chi connectivity index (χ3n) is 2.30. The first-order valence-corrected chi connectivity index (χ1v) is 7.12. The van der Waals surface area contributed by atoms with Crippen molar-refractivity contribution in [2.75, 3.05) is 6.61 Å². The molecule has 2 atom stereocenters. The van der Waals surface area contributed by atoms with Crippen molar-refractivity contribution in [3.05, 3.63) is 29.0 Å². The number of carbonyl (C=O) groups is 1. The molecule has 0 aromatic heterocycles. The molecule has 0 radical (unpaired) electrons. The lowest BCUT2D eigenvalue weighted by Crippen LogP contribution is -2.27. The summed E-state index contributed by atoms with van der Waals surface area (Å²) >= 11 is 5.62. The van der Waals surface area contributed by atoms with Gasteiger partial charge in [-0.05, 0) is 31.5 Å². The van der Waals surface area contributed by atoms with Crippen molar-refractivity contribution >= 4 is 28.4 Å². The van der Waals surface area contributed by atoms with E-state index >= 15 is 0 Å². The normalized spacial score (nSPS) is 14.0. The highest BCUT2D eigenvalue weighted by Crippen LogP contribution is 2.21. The molecule has 0 aliphatic carbocycles. The summed E-state index contributed by atoms with van der Waals surface area (Å²) in [4.78, 5) is 11.9. The summed E-state index contributed by atoms with van der Waals surface area (Å²) in [7, 11) is -1.60. The summed E-state index contributed by atoms with van der Waals surface area (Å²) in [5.74, 6) is -1.10. The van der Waals surface area contributed by atoms with E-state index in [4.69, 9.17) is 16.3 Å². The maximum absolute atomic E-state index is 13.0. The Labute approximate surface area is 113 Å². The zero-order chi connectivity index (χ0) is 13.7. The van der Waals surface area contributed by atoms with E-state index in [1.54, 1.807) is 13.8 Å². The molecule has 0 amide bonds. The van der Waals surface area contributed by atoms with E-state index in [1.807, 2.05) is 0 Å². The van der Waals surface area contributed by atoms with Gasteiger partial charge in [0.25, 0.3) is 0 Å². The van der Waals surface area contributed by atoms with Crippen molar-refractivity contribution < 1.29 is 18.1 Å². The van der Waals surface area contributed by atoms with Gasteiger partial charge in [0.1, 0.15) is 11.1 Å². The molecule has 1 aromatic rings. The molecule has 0 saturated carbocycles. The zero-order valence-electron chi connectivity index (χ0n) is 10.1. The highest BCUT2D eigenvalue weighted by molar-refractivity contribution is 7.86. The van der Waals surface area contributed by atoms with E-state index in [0.29, 0.717) is 11.3 Å². The zero-order valence-corrected chi connectivity index (χ0v) is 11.7. The fourth-order valence-corrected chi connectivity index (χ4v) is 2.96. The van der Waals surface area contributed by atoms with Crippen molar-refractivity contribution in [2.45, 2.75) is 30.4 Å². The number of rotatable bonds is 5. The van der Waals surface area contributed by atoms with E-state index in [-0.39, 0.29) is 11.6 Å². The molecule has 0 aliphatic rings. The monoisotopic (exact) mass is 292 g/mol. The fourth-order valence-electron chi connectivity index (χ4n) is 1.41. The second kappa shape index (κ2) is 6.85. The number of halogens is 2. The molecule has 0 fully saturated rings. The standard InChI is InChI=1S/C12H14ClFO3S/c1-3-11(12(15)17-4-2)18(16)8-5-6-10(14)9(13)7-8/h5-7,11H,3-4H2,1-2H3. The minimum Gasteiger partial charge on any atom is -0.465 e. The Morgan fingerprint density at radius 3 is 2.67 bits per heavy atom. The predicted molar refractivity (Wildman–Crippen MR) is 68.5 cm³/mol. The number of ether oxygens (including phenoxy) is 1. The molecule has 0 spiro atoms. The van der Waals surface area contributed by atoms with Crippen LogP contribution in [0.5, 0.6) is 0 Å². The molecule has 0 bridgehead atoms. The Morgan fingerprint density at radius 1 is 1.50 bits per heavy atom. The van der Waals surface area contributed by atoms with Gasteiger partial charge in [-0.1, -0.05) is 18.5 Å². The highest BCUT2D eigenvalue weighted by Gasteiger charge is 2.26. The average molecular weight is 293 g/mol. The Morgan fingerprint density at radius 2 is 2.17 bits per heavy atom. The van der Waals surface area contributed by atoms with Crippen molar-refractivity contribution in [3.63, 3.8) is 0 Å². The molecular weight excluding hydrogens is 279 g/mol. The number of hydrogen-bond donors (Lipinski definition) is 0. The van der Waals surface area contributed by atoms with E-state index in [1.165, 1.54) is 12.1 Å². The summed E-state index contributed by atoms with van der Waals surface area (Å²) in [5.41, 5.74) is 0. The smallest absolute Gasteiger partial charge is 0.322 e. The van der Waals surface area contributed by atoms with Crippen LogP contribution in [0, 0.1) is 5.82 Å².